The fraction of sp³-hybridized carbons (Fsp3) is 0.444. The molecule has 1 aliphatic heterocycles. The average Bonchev–Trinajstić information content (AvgIpc) is 3.23. The summed E-state index contributed by atoms with van der Waals surface area (Å²) in [6, 6.07) is 5.17. The molecular weight excluding hydrogens is 363 g/mol. The number of nitrogens with zero attached hydrogens (tertiary/aromatic N) is 3. The molecular formula is C18H18F3N3OS. The molecule has 1 aliphatic rings. The maximum absolute atomic E-state index is 13.5. The first kappa shape index (κ1) is 17.5. The standard InChI is InChI=1S/C18H18F3N3OS/c1-11-8-14(18(19,20)21)15-16(23-25-17(15)22-11)12-4-2-6-24(9-12)10-13-5-3-7-26-13/h3,5,7-8,12H,2,4,6,9-10H2,1H3/t12-/m1/s1. The highest BCUT2D eigenvalue weighted by atomic mass is 32.1. The molecule has 3 aromatic rings. The molecule has 1 atom stereocenters. The maximum Gasteiger partial charge on any atom is 0.417 e. The number of pyridine rings is 1. The van der Waals surface area contributed by atoms with Crippen molar-refractivity contribution in [2.24, 2.45) is 0 Å². The van der Waals surface area contributed by atoms with Crippen molar-refractivity contribution in [1.82, 2.24) is 15.0 Å². The van der Waals surface area contributed by atoms with Crippen LogP contribution in [-0.4, -0.2) is 28.1 Å². The maximum atomic E-state index is 13.5. The Morgan fingerprint density at radius 3 is 2.96 bits per heavy atom. The van der Waals surface area contributed by atoms with Crippen LogP contribution in [0.1, 0.15) is 40.6 Å². The summed E-state index contributed by atoms with van der Waals surface area (Å²) >= 11 is 1.69. The van der Waals surface area contributed by atoms with E-state index in [0.29, 0.717) is 12.2 Å². The van der Waals surface area contributed by atoms with E-state index in [9.17, 15) is 13.2 Å². The highest BCUT2D eigenvalue weighted by Crippen LogP contribution is 2.40. The van der Waals surface area contributed by atoms with Gasteiger partial charge in [-0.3, -0.25) is 4.90 Å². The summed E-state index contributed by atoms with van der Waals surface area (Å²) in [6.07, 6.45) is -2.74. The van der Waals surface area contributed by atoms with Gasteiger partial charge in [-0.15, -0.1) is 11.3 Å². The van der Waals surface area contributed by atoms with Crippen molar-refractivity contribution in [3.8, 4) is 0 Å². The Labute approximate surface area is 152 Å². The lowest BCUT2D eigenvalue weighted by molar-refractivity contribution is -0.136. The molecule has 0 saturated carbocycles. The second-order valence-electron chi connectivity index (χ2n) is 6.71. The van der Waals surface area contributed by atoms with Crippen LogP contribution in [0.25, 0.3) is 11.1 Å². The quantitative estimate of drug-likeness (QED) is 0.641. The molecule has 0 amide bonds. The van der Waals surface area contributed by atoms with Gasteiger partial charge in [-0.05, 0) is 43.8 Å². The molecule has 4 rings (SSSR count). The minimum atomic E-state index is -4.46. The van der Waals surface area contributed by atoms with Crippen molar-refractivity contribution in [3.05, 3.63) is 45.4 Å². The molecule has 0 radical (unpaired) electrons. The summed E-state index contributed by atoms with van der Waals surface area (Å²) < 4.78 is 45.8. The number of aromatic nitrogens is 2. The first-order valence-electron chi connectivity index (χ1n) is 8.50. The number of piperidine rings is 1. The fourth-order valence-electron chi connectivity index (χ4n) is 3.64. The summed E-state index contributed by atoms with van der Waals surface area (Å²) in [4.78, 5) is 7.63. The van der Waals surface area contributed by atoms with Crippen molar-refractivity contribution >= 4 is 22.4 Å². The van der Waals surface area contributed by atoms with E-state index in [1.54, 1.807) is 11.3 Å². The third kappa shape index (κ3) is 3.35. The minimum absolute atomic E-state index is 0.0195. The van der Waals surface area contributed by atoms with Crippen LogP contribution in [-0.2, 0) is 12.7 Å². The number of alkyl halides is 3. The second kappa shape index (κ2) is 6.66. The van der Waals surface area contributed by atoms with Crippen LogP contribution in [0.15, 0.2) is 28.1 Å². The predicted molar refractivity (Wildman–Crippen MR) is 93.1 cm³/mol. The van der Waals surface area contributed by atoms with Crippen LogP contribution >= 0.6 is 11.3 Å². The van der Waals surface area contributed by atoms with Gasteiger partial charge in [-0.2, -0.15) is 13.2 Å². The number of hydrogen-bond acceptors (Lipinski definition) is 5. The molecule has 138 valence electrons. The van der Waals surface area contributed by atoms with E-state index in [4.69, 9.17) is 4.52 Å². The van der Waals surface area contributed by atoms with Crippen LogP contribution in [0.2, 0.25) is 0 Å². The molecule has 8 heteroatoms. The normalized spacial score (nSPS) is 19.3. The van der Waals surface area contributed by atoms with Gasteiger partial charge >= 0.3 is 6.18 Å². The van der Waals surface area contributed by atoms with Crippen LogP contribution < -0.4 is 0 Å². The first-order valence-corrected chi connectivity index (χ1v) is 9.38. The summed E-state index contributed by atoms with van der Waals surface area (Å²) in [5.74, 6) is -0.0874. The number of halogens is 3. The third-order valence-electron chi connectivity index (χ3n) is 4.76. The van der Waals surface area contributed by atoms with Crippen molar-refractivity contribution in [1.29, 1.82) is 0 Å². The number of rotatable bonds is 3. The van der Waals surface area contributed by atoms with Crippen LogP contribution in [0.3, 0.4) is 0 Å². The summed E-state index contributed by atoms with van der Waals surface area (Å²) in [7, 11) is 0. The highest BCUT2D eigenvalue weighted by molar-refractivity contribution is 7.09. The molecule has 0 aromatic carbocycles. The van der Waals surface area contributed by atoms with Crippen molar-refractivity contribution in [2.45, 2.75) is 38.4 Å². The van der Waals surface area contributed by atoms with Gasteiger partial charge in [0, 0.05) is 29.6 Å². The van der Waals surface area contributed by atoms with Gasteiger partial charge in [-0.1, -0.05) is 11.2 Å². The number of thiophene rings is 1. The van der Waals surface area contributed by atoms with Gasteiger partial charge in [0.15, 0.2) is 0 Å². The molecule has 0 N–H and O–H groups in total. The molecule has 0 unspecified atom stereocenters. The second-order valence-corrected chi connectivity index (χ2v) is 7.74. The molecule has 1 saturated heterocycles. The number of likely N-dealkylation sites (tertiary alicyclic amines) is 1. The van der Waals surface area contributed by atoms with Crippen molar-refractivity contribution in [2.75, 3.05) is 13.1 Å². The summed E-state index contributed by atoms with van der Waals surface area (Å²) in [5.41, 5.74) is -0.0690. The Morgan fingerprint density at radius 1 is 1.38 bits per heavy atom. The Hall–Kier alpha value is -1.93. The molecule has 0 bridgehead atoms. The Kier molecular flexibility index (Phi) is 4.48. The van der Waals surface area contributed by atoms with Crippen LogP contribution in [0, 0.1) is 6.92 Å². The van der Waals surface area contributed by atoms with E-state index < -0.39 is 11.7 Å². The van der Waals surface area contributed by atoms with Crippen molar-refractivity contribution < 1.29 is 17.7 Å². The molecule has 26 heavy (non-hydrogen) atoms. The monoisotopic (exact) mass is 381 g/mol. The fourth-order valence-corrected chi connectivity index (χ4v) is 4.39. The van der Waals surface area contributed by atoms with Crippen LogP contribution in [0.4, 0.5) is 13.2 Å². The number of aryl methyl sites for hydroxylation is 1. The zero-order chi connectivity index (χ0) is 18.3. The van der Waals surface area contributed by atoms with Gasteiger partial charge in [-0.25, -0.2) is 4.98 Å². The van der Waals surface area contributed by atoms with Crippen molar-refractivity contribution in [3.63, 3.8) is 0 Å². The zero-order valence-corrected chi connectivity index (χ0v) is 15.0. The lowest BCUT2D eigenvalue weighted by atomic mass is 9.91. The molecule has 0 spiro atoms. The van der Waals surface area contributed by atoms with Gasteiger partial charge in [0.2, 0.25) is 0 Å². The van der Waals surface area contributed by atoms with Gasteiger partial charge < -0.3 is 4.52 Å². The first-order chi connectivity index (χ1) is 12.4. The largest absolute Gasteiger partial charge is 0.417 e. The number of fused-ring (bicyclic) bond motifs is 1. The summed E-state index contributed by atoms with van der Waals surface area (Å²) in [6.45, 7) is 3.95. The van der Waals surface area contributed by atoms with E-state index >= 15 is 0 Å². The summed E-state index contributed by atoms with van der Waals surface area (Å²) in [5, 5.41) is 6.06. The molecule has 1 fully saturated rings. The molecule has 3 aromatic heterocycles. The van der Waals surface area contributed by atoms with E-state index in [0.717, 1.165) is 32.0 Å². The van der Waals surface area contributed by atoms with Crippen LogP contribution in [0.5, 0.6) is 0 Å². The minimum Gasteiger partial charge on any atom is -0.336 e. The SMILES string of the molecule is Cc1cc(C(F)(F)F)c2c([C@@H]3CCCN(Cc4cccs4)C3)noc2n1. The molecule has 0 aliphatic carbocycles. The molecule has 4 heterocycles. The predicted octanol–water partition coefficient (Wildman–Crippen LogP) is 4.99. The van der Waals surface area contributed by atoms with E-state index in [2.05, 4.69) is 21.1 Å². The Morgan fingerprint density at radius 2 is 2.23 bits per heavy atom. The molecule has 4 nitrogen and oxygen atoms in total. The number of hydrogen-bond donors (Lipinski definition) is 0. The third-order valence-corrected chi connectivity index (χ3v) is 5.62. The Bertz CT molecular complexity index is 904. The van der Waals surface area contributed by atoms with Gasteiger partial charge in [0.05, 0.1) is 16.6 Å². The lowest BCUT2D eigenvalue weighted by Gasteiger charge is -2.31. The highest BCUT2D eigenvalue weighted by Gasteiger charge is 2.37. The average molecular weight is 381 g/mol. The van der Waals surface area contributed by atoms with Gasteiger partial charge in [0.1, 0.15) is 0 Å². The van der Waals surface area contributed by atoms with E-state index in [1.807, 2.05) is 11.4 Å². The van der Waals surface area contributed by atoms with Gasteiger partial charge in [0.25, 0.3) is 5.71 Å². The lowest BCUT2D eigenvalue weighted by Crippen LogP contribution is -2.33. The van der Waals surface area contributed by atoms with E-state index in [1.165, 1.54) is 11.8 Å². The Balaban J connectivity index is 1.68. The topological polar surface area (TPSA) is 42.2 Å². The zero-order valence-electron chi connectivity index (χ0n) is 14.2. The smallest absolute Gasteiger partial charge is 0.336 e. The van der Waals surface area contributed by atoms with E-state index in [-0.39, 0.29) is 22.7 Å².